The Bertz CT molecular complexity index is 2140. The molecule has 354 valence electrons. The van der Waals surface area contributed by atoms with Crippen LogP contribution in [0.25, 0.3) is 0 Å². The average Bonchev–Trinajstić information content (AvgIpc) is 4.17. The van der Waals surface area contributed by atoms with Gasteiger partial charge in [-0.3, -0.25) is 15.0 Å². The maximum atomic E-state index is 4.30. The van der Waals surface area contributed by atoms with Crippen LogP contribution in [0.15, 0.2) is 142 Å². The van der Waals surface area contributed by atoms with Gasteiger partial charge in [-0.15, -0.1) is 14.0 Å². The molecular weight excluding hydrogens is 943 g/mol. The van der Waals surface area contributed by atoms with Gasteiger partial charge in [-0.2, -0.15) is 0 Å². The zero-order chi connectivity index (χ0) is 44.0. The number of halogens is 3. The van der Waals surface area contributed by atoms with Crippen LogP contribution in [0, 0.1) is 0 Å². The lowest BCUT2D eigenvalue weighted by Crippen LogP contribution is -3.00. The van der Waals surface area contributed by atoms with E-state index in [-0.39, 0.29) is 41.8 Å². The van der Waals surface area contributed by atoms with Crippen LogP contribution in [0.1, 0.15) is 41.5 Å². The Morgan fingerprint density at radius 3 is 0.848 bits per heavy atom. The molecule has 0 amide bonds. The van der Waals surface area contributed by atoms with Gasteiger partial charge >= 0.3 is 0 Å². The molecule has 0 saturated carbocycles. The second-order valence-electron chi connectivity index (χ2n) is 15.0. The summed E-state index contributed by atoms with van der Waals surface area (Å²) in [7, 11) is 0. The predicted molar refractivity (Wildman–Crippen MR) is 249 cm³/mol. The van der Waals surface area contributed by atoms with E-state index in [1.54, 1.807) is 33.0 Å². The molecule has 21 heteroatoms. The number of likely N-dealkylation sites (N-methyl/N-ethyl adjacent to an activating group) is 6. The Morgan fingerprint density at radius 1 is 0.394 bits per heavy atom. The molecule has 3 aromatic heterocycles. The lowest BCUT2D eigenvalue weighted by atomic mass is 10.1. The Labute approximate surface area is 411 Å². The van der Waals surface area contributed by atoms with Crippen molar-refractivity contribution in [2.75, 3.05) is 108 Å². The third-order valence-corrected chi connectivity index (χ3v) is 11.5. The second-order valence-corrected chi connectivity index (χ2v) is 15.0. The standard InChI is InChI=1S/3C15H20N6.BrH.2ClH/c3*1-3-19-9-10-20(4-2)15-11-13(5-6-14(15)19)17-18-21-8-7-16-12-21;;;/h3*5-8,11-12H,3-4,9-10H2,1-2H3;3*1H. The number of nitrogens with one attached hydrogen (secondary N) is 3. The third-order valence-electron chi connectivity index (χ3n) is 11.5. The van der Waals surface area contributed by atoms with E-state index in [1.807, 2.05) is 55.4 Å². The van der Waals surface area contributed by atoms with E-state index in [9.17, 15) is 0 Å². The molecule has 3 aliphatic heterocycles. The van der Waals surface area contributed by atoms with Gasteiger partial charge in [-0.25, -0.2) is 0 Å². The minimum absolute atomic E-state index is 0. The summed E-state index contributed by atoms with van der Waals surface area (Å²) in [4.78, 5) is 23.2. The van der Waals surface area contributed by atoms with Crippen LogP contribution in [0.4, 0.5) is 51.2 Å². The van der Waals surface area contributed by atoms with Crippen molar-refractivity contribution in [3.63, 3.8) is 0 Å². The lowest BCUT2D eigenvalue weighted by Gasteiger charge is -2.37. The maximum absolute atomic E-state index is 4.30. The summed E-state index contributed by atoms with van der Waals surface area (Å²) in [6, 6.07) is 18.9. The van der Waals surface area contributed by atoms with E-state index in [1.165, 1.54) is 34.1 Å². The SMILES string of the molecule is CCN1CCN(CC)c2cc(N=N[n+]3cc[nH]c3)ccc21.CCN1CCN(CC)c2cc(N=N[n+]3cc[nH]c3)ccc21.CCN1CCN(CC)c2cc(N=N[n+]3cc[nH]c3)ccc21.[Br-].[Cl-].[Cl-]. The minimum atomic E-state index is 0. The van der Waals surface area contributed by atoms with E-state index in [0.717, 1.165) is 95.6 Å². The summed E-state index contributed by atoms with van der Waals surface area (Å²) in [5, 5.41) is 25.4. The van der Waals surface area contributed by atoms with Crippen molar-refractivity contribution in [1.29, 1.82) is 0 Å². The summed E-state index contributed by atoms with van der Waals surface area (Å²) < 4.78 is 4.94. The molecule has 6 heterocycles. The highest BCUT2D eigenvalue weighted by molar-refractivity contribution is 5.78. The van der Waals surface area contributed by atoms with Gasteiger partial charge < -0.3 is 71.2 Å². The number of aromatic amines is 3. The Morgan fingerprint density at radius 2 is 0.636 bits per heavy atom. The molecule has 3 aliphatic rings. The summed E-state index contributed by atoms with van der Waals surface area (Å²) in [5.74, 6) is 0. The van der Waals surface area contributed by atoms with Crippen LogP contribution < -0.4 is 85.2 Å². The van der Waals surface area contributed by atoms with E-state index >= 15 is 0 Å². The van der Waals surface area contributed by atoms with Gasteiger partial charge in [-0.1, -0.05) is 0 Å². The summed E-state index contributed by atoms with van der Waals surface area (Å²) in [6.07, 6.45) is 16.1. The number of aromatic nitrogens is 6. The van der Waals surface area contributed by atoms with Crippen molar-refractivity contribution < 1.29 is 55.8 Å². The van der Waals surface area contributed by atoms with Gasteiger partial charge in [0.15, 0.2) is 17.1 Å². The fraction of sp³-hybridized carbons (Fsp3) is 0.400. The zero-order valence-electron chi connectivity index (χ0n) is 38.7. The molecule has 0 aliphatic carbocycles. The number of hydrogen-bond donors (Lipinski definition) is 3. The van der Waals surface area contributed by atoms with E-state index in [0.29, 0.717) is 0 Å². The summed E-state index contributed by atoms with van der Waals surface area (Å²) in [5.41, 5.74) is 10.2. The molecule has 0 radical (unpaired) electrons. The van der Waals surface area contributed by atoms with Crippen LogP contribution in [0.3, 0.4) is 0 Å². The van der Waals surface area contributed by atoms with Crippen LogP contribution in [0.2, 0.25) is 0 Å². The highest BCUT2D eigenvalue weighted by Crippen LogP contribution is 2.38. The zero-order valence-corrected chi connectivity index (χ0v) is 41.8. The third kappa shape index (κ3) is 13.1. The maximum Gasteiger partial charge on any atom is 0.213 e. The number of H-pyrrole nitrogens is 3. The normalized spacial score (nSPS) is 14.1. The number of hydrogen-bond acceptors (Lipinski definition) is 12. The number of rotatable bonds is 12. The van der Waals surface area contributed by atoms with E-state index in [2.05, 4.69) is 153 Å². The van der Waals surface area contributed by atoms with Crippen LogP contribution in [-0.4, -0.2) is 93.5 Å². The van der Waals surface area contributed by atoms with Crippen LogP contribution >= 0.6 is 0 Å². The first kappa shape index (κ1) is 52.6. The van der Waals surface area contributed by atoms with Gasteiger partial charge in [0.25, 0.3) is 0 Å². The molecule has 0 unspecified atom stereocenters. The van der Waals surface area contributed by atoms with Crippen molar-refractivity contribution in [2.45, 2.75) is 41.5 Å². The molecule has 3 aromatic carbocycles. The van der Waals surface area contributed by atoms with Crippen molar-refractivity contribution in [3.8, 4) is 0 Å². The Kier molecular flexibility index (Phi) is 20.9. The molecule has 66 heavy (non-hydrogen) atoms. The Hall–Kier alpha value is -6.05. The first-order chi connectivity index (χ1) is 30.9. The van der Waals surface area contributed by atoms with Crippen molar-refractivity contribution in [3.05, 3.63) is 111 Å². The molecule has 3 N–H and O–H groups in total. The predicted octanol–water partition coefficient (Wildman–Crippen LogP) is -1.44. The first-order valence-electron chi connectivity index (χ1n) is 22.2. The molecule has 6 aromatic rings. The largest absolute Gasteiger partial charge is 1.00 e. The fourth-order valence-electron chi connectivity index (χ4n) is 8.02. The topological polar surface area (TPSA) is 153 Å². The molecule has 0 fully saturated rings. The van der Waals surface area contributed by atoms with Gasteiger partial charge in [0, 0.05) is 112 Å². The van der Waals surface area contributed by atoms with Crippen molar-refractivity contribution >= 4 is 51.2 Å². The van der Waals surface area contributed by atoms with E-state index in [4.69, 9.17) is 0 Å². The molecule has 0 atom stereocenters. The summed E-state index contributed by atoms with van der Waals surface area (Å²) >= 11 is 0. The monoisotopic (exact) mass is 1000 g/mol. The van der Waals surface area contributed by atoms with Gasteiger partial charge in [0.2, 0.25) is 19.0 Å². The van der Waals surface area contributed by atoms with Gasteiger partial charge in [0.05, 0.1) is 68.4 Å². The number of nitrogens with zero attached hydrogens (tertiary/aromatic N) is 15. The highest BCUT2D eigenvalue weighted by atomic mass is 79.9. The first-order valence-corrected chi connectivity index (χ1v) is 22.2. The average molecular weight is 1010 g/mol. The minimum Gasteiger partial charge on any atom is -1.00 e. The smallest absolute Gasteiger partial charge is 0.213 e. The van der Waals surface area contributed by atoms with E-state index < -0.39 is 0 Å². The molecular formula is C45H63BrCl2N18. The summed E-state index contributed by atoms with van der Waals surface area (Å²) in [6.45, 7) is 25.7. The van der Waals surface area contributed by atoms with Crippen molar-refractivity contribution in [1.82, 2.24) is 15.0 Å². The number of anilines is 6. The highest BCUT2D eigenvalue weighted by Gasteiger charge is 2.24. The number of benzene rings is 3. The quantitative estimate of drug-likeness (QED) is 0.101. The molecule has 0 bridgehead atoms. The van der Waals surface area contributed by atoms with Crippen LogP contribution in [0.5, 0.6) is 0 Å². The van der Waals surface area contributed by atoms with Gasteiger partial charge in [0.1, 0.15) is 18.6 Å². The molecule has 0 spiro atoms. The Balaban J connectivity index is 0.000000212. The van der Waals surface area contributed by atoms with Crippen molar-refractivity contribution in [2.24, 2.45) is 31.0 Å². The molecule has 18 nitrogen and oxygen atoms in total. The second kappa shape index (κ2) is 26.2. The number of imidazole rings is 3. The molecule has 9 rings (SSSR count). The fourth-order valence-corrected chi connectivity index (χ4v) is 8.02. The number of fused-ring (bicyclic) bond motifs is 3. The molecule has 0 saturated heterocycles. The van der Waals surface area contributed by atoms with Gasteiger partial charge in [-0.05, 0) is 77.9 Å². The lowest BCUT2D eigenvalue weighted by molar-refractivity contribution is -0.684. The van der Waals surface area contributed by atoms with Crippen LogP contribution in [-0.2, 0) is 0 Å².